The van der Waals surface area contributed by atoms with Crippen molar-refractivity contribution in [1.82, 2.24) is 0 Å². The molecule has 0 fully saturated rings. The number of amides is 1. The number of hydrogen-bond acceptors (Lipinski definition) is 3. The molecule has 0 saturated heterocycles. The van der Waals surface area contributed by atoms with Gasteiger partial charge in [-0.3, -0.25) is 9.52 Å². The van der Waals surface area contributed by atoms with Gasteiger partial charge in [-0.05, 0) is 83.6 Å². The molecule has 8 heteroatoms. The first-order valence-corrected chi connectivity index (χ1v) is 11.2. The minimum atomic E-state index is -3.76. The molecule has 0 spiro atoms. The van der Waals surface area contributed by atoms with Gasteiger partial charge in [0.05, 0.1) is 15.5 Å². The molecule has 0 unspecified atom stereocenters. The van der Waals surface area contributed by atoms with Crippen LogP contribution in [0.3, 0.4) is 0 Å². The lowest BCUT2D eigenvalue weighted by atomic mass is 10.1. The normalized spacial score (nSPS) is 11.1. The quantitative estimate of drug-likeness (QED) is 0.443. The molecular formula is C20H16ClIN2O3S. The fourth-order valence-electron chi connectivity index (χ4n) is 2.53. The summed E-state index contributed by atoms with van der Waals surface area (Å²) in [6.45, 7) is 1.89. The number of nitrogens with one attached hydrogen (secondary N) is 2. The minimum absolute atomic E-state index is 0.130. The number of sulfonamides is 1. The van der Waals surface area contributed by atoms with Crippen LogP contribution in [0.25, 0.3) is 0 Å². The van der Waals surface area contributed by atoms with E-state index in [9.17, 15) is 13.2 Å². The molecule has 0 saturated carbocycles. The van der Waals surface area contributed by atoms with E-state index in [1.165, 1.54) is 30.3 Å². The largest absolute Gasteiger partial charge is 0.322 e. The van der Waals surface area contributed by atoms with Crippen LogP contribution in [0.4, 0.5) is 11.4 Å². The number of benzene rings is 3. The lowest BCUT2D eigenvalue weighted by Gasteiger charge is -2.12. The summed E-state index contributed by atoms with van der Waals surface area (Å²) in [7, 11) is -3.76. The van der Waals surface area contributed by atoms with Crippen LogP contribution >= 0.6 is 34.2 Å². The SMILES string of the molecule is Cc1cc(I)ccc1NC(=O)c1cc(NS(=O)(=O)c2ccccc2)ccc1Cl. The standard InChI is InChI=1S/C20H16ClIN2O3S/c1-13-11-14(22)7-10-19(13)23-20(25)17-12-15(8-9-18(17)21)24-28(26,27)16-5-3-2-4-6-16/h2-12,24H,1H3,(H,23,25). The maximum atomic E-state index is 12.7. The zero-order valence-electron chi connectivity index (χ0n) is 14.7. The van der Waals surface area contributed by atoms with Crippen LogP contribution in [0.2, 0.25) is 5.02 Å². The van der Waals surface area contributed by atoms with Crippen molar-refractivity contribution in [3.05, 3.63) is 86.4 Å². The van der Waals surface area contributed by atoms with E-state index in [1.807, 2.05) is 25.1 Å². The Hall–Kier alpha value is -2.10. The van der Waals surface area contributed by atoms with E-state index in [2.05, 4.69) is 32.6 Å². The van der Waals surface area contributed by atoms with Crippen LogP contribution in [0.1, 0.15) is 15.9 Å². The van der Waals surface area contributed by atoms with Gasteiger partial charge < -0.3 is 5.32 Å². The molecule has 0 aliphatic rings. The Morgan fingerprint density at radius 2 is 1.71 bits per heavy atom. The molecule has 0 bridgehead atoms. The molecule has 0 atom stereocenters. The molecule has 3 rings (SSSR count). The second-order valence-corrected chi connectivity index (χ2v) is 9.36. The topological polar surface area (TPSA) is 75.3 Å². The summed E-state index contributed by atoms with van der Waals surface area (Å²) in [5, 5.41) is 3.04. The van der Waals surface area contributed by atoms with Gasteiger partial charge in [0.1, 0.15) is 0 Å². The third kappa shape index (κ3) is 4.84. The van der Waals surface area contributed by atoms with Gasteiger partial charge in [-0.15, -0.1) is 0 Å². The predicted molar refractivity (Wildman–Crippen MR) is 121 cm³/mol. The Balaban J connectivity index is 1.86. The van der Waals surface area contributed by atoms with Gasteiger partial charge in [0.15, 0.2) is 0 Å². The third-order valence-electron chi connectivity index (χ3n) is 3.95. The molecule has 3 aromatic rings. The van der Waals surface area contributed by atoms with E-state index in [-0.39, 0.29) is 21.2 Å². The van der Waals surface area contributed by atoms with Gasteiger partial charge in [-0.2, -0.15) is 0 Å². The summed E-state index contributed by atoms with van der Waals surface area (Å²) in [5.74, 6) is -0.421. The first-order valence-electron chi connectivity index (χ1n) is 8.21. The average Bonchev–Trinajstić information content (AvgIpc) is 2.66. The van der Waals surface area contributed by atoms with E-state index < -0.39 is 15.9 Å². The number of carbonyl (C=O) groups is 1. The predicted octanol–water partition coefficient (Wildman–Crippen LogP) is 5.31. The van der Waals surface area contributed by atoms with Crippen molar-refractivity contribution in [3.63, 3.8) is 0 Å². The second kappa shape index (κ2) is 8.50. The summed E-state index contributed by atoms with van der Waals surface area (Å²) < 4.78 is 28.5. The van der Waals surface area contributed by atoms with Crippen molar-refractivity contribution in [1.29, 1.82) is 0 Å². The Bertz CT molecular complexity index is 1140. The van der Waals surface area contributed by atoms with Crippen molar-refractivity contribution in [2.45, 2.75) is 11.8 Å². The first kappa shape index (κ1) is 20.6. The highest BCUT2D eigenvalue weighted by atomic mass is 127. The first-order chi connectivity index (χ1) is 13.3. The summed E-state index contributed by atoms with van der Waals surface area (Å²) >= 11 is 8.37. The molecule has 28 heavy (non-hydrogen) atoms. The van der Waals surface area contributed by atoms with Gasteiger partial charge >= 0.3 is 0 Å². The van der Waals surface area contributed by atoms with E-state index in [0.717, 1.165) is 9.13 Å². The number of hydrogen-bond donors (Lipinski definition) is 2. The number of carbonyl (C=O) groups excluding carboxylic acids is 1. The highest BCUT2D eigenvalue weighted by Crippen LogP contribution is 2.25. The third-order valence-corrected chi connectivity index (χ3v) is 6.35. The summed E-state index contributed by atoms with van der Waals surface area (Å²) in [6, 6.07) is 18.0. The van der Waals surface area contributed by atoms with Crippen molar-refractivity contribution in [3.8, 4) is 0 Å². The molecule has 0 aliphatic carbocycles. The minimum Gasteiger partial charge on any atom is -0.322 e. The molecule has 3 aromatic carbocycles. The maximum Gasteiger partial charge on any atom is 0.261 e. The van der Waals surface area contributed by atoms with Crippen LogP contribution in [0.15, 0.2) is 71.6 Å². The highest BCUT2D eigenvalue weighted by Gasteiger charge is 2.17. The summed E-state index contributed by atoms with van der Waals surface area (Å²) in [4.78, 5) is 12.8. The van der Waals surface area contributed by atoms with Gasteiger partial charge in [0.2, 0.25) is 0 Å². The Labute approximate surface area is 182 Å². The Morgan fingerprint density at radius 1 is 1.00 bits per heavy atom. The zero-order chi connectivity index (χ0) is 20.3. The van der Waals surface area contributed by atoms with E-state index in [1.54, 1.807) is 18.2 Å². The molecule has 0 aliphatic heterocycles. The van der Waals surface area contributed by atoms with Crippen molar-refractivity contribution in [2.24, 2.45) is 0 Å². The summed E-state index contributed by atoms with van der Waals surface area (Å²) in [5.41, 5.74) is 2.00. The number of aryl methyl sites for hydroxylation is 1. The molecular weight excluding hydrogens is 511 g/mol. The highest BCUT2D eigenvalue weighted by molar-refractivity contribution is 14.1. The average molecular weight is 527 g/mol. The van der Waals surface area contributed by atoms with Gasteiger partial charge in [0, 0.05) is 14.9 Å². The van der Waals surface area contributed by atoms with Crippen LogP contribution < -0.4 is 10.0 Å². The van der Waals surface area contributed by atoms with Crippen molar-refractivity contribution in [2.75, 3.05) is 10.0 Å². The van der Waals surface area contributed by atoms with Gasteiger partial charge in [-0.25, -0.2) is 8.42 Å². The number of anilines is 2. The van der Waals surface area contributed by atoms with Crippen molar-refractivity contribution < 1.29 is 13.2 Å². The van der Waals surface area contributed by atoms with Gasteiger partial charge in [-0.1, -0.05) is 29.8 Å². The van der Waals surface area contributed by atoms with E-state index in [4.69, 9.17) is 11.6 Å². The Morgan fingerprint density at radius 3 is 2.39 bits per heavy atom. The smallest absolute Gasteiger partial charge is 0.261 e. The van der Waals surface area contributed by atoms with Crippen LogP contribution in [-0.2, 0) is 10.0 Å². The van der Waals surface area contributed by atoms with Crippen LogP contribution in [0.5, 0.6) is 0 Å². The fraction of sp³-hybridized carbons (Fsp3) is 0.0500. The van der Waals surface area contributed by atoms with Crippen molar-refractivity contribution >= 4 is 61.5 Å². The second-order valence-electron chi connectivity index (χ2n) is 6.03. The molecule has 2 N–H and O–H groups in total. The monoisotopic (exact) mass is 526 g/mol. The van der Waals surface area contributed by atoms with Gasteiger partial charge in [0.25, 0.3) is 15.9 Å². The molecule has 0 radical (unpaired) electrons. The molecule has 0 aromatic heterocycles. The number of halogens is 2. The van der Waals surface area contributed by atoms with Crippen LogP contribution in [0, 0.1) is 10.5 Å². The lowest BCUT2D eigenvalue weighted by Crippen LogP contribution is -2.16. The molecule has 0 heterocycles. The summed E-state index contributed by atoms with van der Waals surface area (Å²) in [6.07, 6.45) is 0. The Kier molecular flexibility index (Phi) is 6.26. The molecule has 5 nitrogen and oxygen atoms in total. The van der Waals surface area contributed by atoms with E-state index in [0.29, 0.717) is 5.69 Å². The maximum absolute atomic E-state index is 12.7. The van der Waals surface area contributed by atoms with Crippen LogP contribution in [-0.4, -0.2) is 14.3 Å². The van der Waals surface area contributed by atoms with E-state index >= 15 is 0 Å². The zero-order valence-corrected chi connectivity index (χ0v) is 18.5. The fourth-order valence-corrected chi connectivity index (χ4v) is 4.45. The molecule has 144 valence electrons. The molecule has 1 amide bonds. The lowest BCUT2D eigenvalue weighted by molar-refractivity contribution is 0.102. The number of rotatable bonds is 5.